The van der Waals surface area contributed by atoms with Gasteiger partial charge in [0.05, 0.1) is 23.4 Å². The number of hydrogen-bond donors (Lipinski definition) is 2. The van der Waals surface area contributed by atoms with Crippen LogP contribution in [0.5, 0.6) is 11.5 Å². The lowest BCUT2D eigenvalue weighted by Crippen LogP contribution is -2.26. The average molecular weight is 397 g/mol. The summed E-state index contributed by atoms with van der Waals surface area (Å²) in [5.74, 6) is -12.4. The Labute approximate surface area is 155 Å². The molecule has 0 spiro atoms. The molecule has 0 atom stereocenters. The number of phenols is 2. The highest BCUT2D eigenvalue weighted by Gasteiger charge is 2.40. The first-order valence-electron chi connectivity index (χ1n) is 8.33. The van der Waals surface area contributed by atoms with Crippen LogP contribution >= 0.6 is 0 Å². The Bertz CT molecular complexity index is 1040. The number of fused-ring (bicyclic) bond motifs is 1. The first kappa shape index (κ1) is 18.3. The molecule has 1 heterocycles. The van der Waals surface area contributed by atoms with Crippen molar-refractivity contribution in [1.29, 1.82) is 0 Å². The fraction of sp³-hybridized carbons (Fsp3) is 0.211. The number of rotatable bonds is 2. The van der Waals surface area contributed by atoms with E-state index in [4.69, 9.17) is 0 Å². The third kappa shape index (κ3) is 2.38. The zero-order valence-electron chi connectivity index (χ0n) is 14.1. The summed E-state index contributed by atoms with van der Waals surface area (Å²) in [6.07, 6.45) is 1.84. The second-order valence-corrected chi connectivity index (χ2v) is 6.60. The first-order chi connectivity index (χ1) is 13.2. The Hall–Kier alpha value is -3.10. The van der Waals surface area contributed by atoms with Gasteiger partial charge in [-0.3, -0.25) is 4.79 Å². The van der Waals surface area contributed by atoms with E-state index in [1.54, 1.807) is 0 Å². The molecule has 2 aromatic carbocycles. The molecule has 2 aliphatic rings. The molecule has 2 aromatic rings. The maximum atomic E-state index is 14.1. The molecular weight excluding hydrogens is 385 g/mol. The van der Waals surface area contributed by atoms with Crippen molar-refractivity contribution in [3.05, 3.63) is 63.5 Å². The minimum Gasteiger partial charge on any atom is -0.504 e. The summed E-state index contributed by atoms with van der Waals surface area (Å²) >= 11 is 0. The molecule has 1 aliphatic carbocycles. The van der Waals surface area contributed by atoms with Crippen molar-refractivity contribution >= 4 is 11.6 Å². The summed E-state index contributed by atoms with van der Waals surface area (Å²) in [6, 6.07) is 2.31. The summed E-state index contributed by atoms with van der Waals surface area (Å²) in [7, 11) is 0. The number of carbonyl (C=O) groups is 1. The van der Waals surface area contributed by atoms with E-state index in [1.165, 1.54) is 6.07 Å². The predicted molar refractivity (Wildman–Crippen MR) is 86.6 cm³/mol. The van der Waals surface area contributed by atoms with Gasteiger partial charge in [0.15, 0.2) is 34.8 Å². The maximum absolute atomic E-state index is 14.1. The lowest BCUT2D eigenvalue weighted by Gasteiger charge is -2.27. The van der Waals surface area contributed by atoms with Crippen LogP contribution in [0.4, 0.5) is 22.0 Å². The van der Waals surface area contributed by atoms with E-state index in [9.17, 15) is 37.0 Å². The lowest BCUT2D eigenvalue weighted by molar-refractivity contribution is 0.0838. The van der Waals surface area contributed by atoms with Gasteiger partial charge >= 0.3 is 0 Å². The molecule has 2 N–H and O–H groups in total. The zero-order chi connectivity index (χ0) is 20.3. The number of benzene rings is 2. The van der Waals surface area contributed by atoms with E-state index in [1.807, 2.05) is 0 Å². The molecule has 1 fully saturated rings. The Morgan fingerprint density at radius 1 is 0.893 bits per heavy atom. The molecule has 1 saturated carbocycles. The lowest BCUT2D eigenvalue weighted by atomic mass is 9.88. The van der Waals surface area contributed by atoms with E-state index in [2.05, 4.69) is 0 Å². The SMILES string of the molecule is O=C1c2ccc(O)c(O)c2C(=C2CCC2)N1Cc1c(F)c(F)c(F)c(F)c1F. The Balaban J connectivity index is 1.88. The number of phenolic OH excluding ortho intramolecular Hbond substituents is 2. The topological polar surface area (TPSA) is 60.8 Å². The van der Waals surface area contributed by atoms with Crippen LogP contribution in [0, 0.1) is 29.1 Å². The van der Waals surface area contributed by atoms with Crippen LogP contribution in [0.15, 0.2) is 17.7 Å². The van der Waals surface area contributed by atoms with Crippen molar-refractivity contribution in [3.63, 3.8) is 0 Å². The van der Waals surface area contributed by atoms with Crippen LogP contribution in [0.25, 0.3) is 5.70 Å². The van der Waals surface area contributed by atoms with E-state index in [-0.39, 0.29) is 16.8 Å². The van der Waals surface area contributed by atoms with Crippen molar-refractivity contribution in [1.82, 2.24) is 4.90 Å². The van der Waals surface area contributed by atoms with Gasteiger partial charge in [-0.1, -0.05) is 0 Å². The number of hydrogen-bond acceptors (Lipinski definition) is 3. The van der Waals surface area contributed by atoms with Crippen molar-refractivity contribution in [2.75, 3.05) is 0 Å². The summed E-state index contributed by atoms with van der Waals surface area (Å²) in [4.78, 5) is 13.6. The molecule has 0 radical (unpaired) electrons. The van der Waals surface area contributed by atoms with Gasteiger partial charge in [0.2, 0.25) is 5.82 Å². The predicted octanol–water partition coefficient (Wildman–Crippen LogP) is 4.34. The molecule has 1 amide bonds. The minimum atomic E-state index is -2.28. The third-order valence-electron chi connectivity index (χ3n) is 5.05. The minimum absolute atomic E-state index is 0.0106. The average Bonchev–Trinajstić information content (AvgIpc) is 2.90. The van der Waals surface area contributed by atoms with Gasteiger partial charge in [0.1, 0.15) is 0 Å². The van der Waals surface area contributed by atoms with Gasteiger partial charge in [-0.15, -0.1) is 0 Å². The number of nitrogens with zero attached hydrogens (tertiary/aromatic N) is 1. The zero-order valence-corrected chi connectivity index (χ0v) is 14.1. The van der Waals surface area contributed by atoms with Crippen molar-refractivity contribution in [2.24, 2.45) is 0 Å². The second-order valence-electron chi connectivity index (χ2n) is 6.60. The third-order valence-corrected chi connectivity index (χ3v) is 5.05. The van der Waals surface area contributed by atoms with Crippen molar-refractivity contribution in [3.8, 4) is 11.5 Å². The number of aromatic hydroxyl groups is 2. The highest BCUT2D eigenvalue weighted by Crippen LogP contribution is 2.48. The summed E-state index contributed by atoms with van der Waals surface area (Å²) in [5.41, 5.74) is -0.392. The fourth-order valence-electron chi connectivity index (χ4n) is 3.44. The number of carbonyl (C=O) groups excluding carboxylic acids is 1. The van der Waals surface area contributed by atoms with Crippen molar-refractivity contribution in [2.45, 2.75) is 25.8 Å². The second kappa shape index (κ2) is 6.22. The number of halogens is 5. The van der Waals surface area contributed by atoms with Crippen LogP contribution in [-0.4, -0.2) is 21.0 Å². The molecule has 4 nitrogen and oxygen atoms in total. The maximum Gasteiger partial charge on any atom is 0.259 e. The quantitative estimate of drug-likeness (QED) is 0.343. The highest BCUT2D eigenvalue weighted by molar-refractivity contribution is 6.11. The Morgan fingerprint density at radius 2 is 1.46 bits per heavy atom. The van der Waals surface area contributed by atoms with Gasteiger partial charge < -0.3 is 15.1 Å². The molecule has 1 aliphatic heterocycles. The summed E-state index contributed by atoms with van der Waals surface area (Å²) < 4.78 is 68.6. The van der Waals surface area contributed by atoms with E-state index >= 15 is 0 Å². The van der Waals surface area contributed by atoms with E-state index < -0.39 is 58.6 Å². The molecule has 0 saturated heterocycles. The molecule has 9 heteroatoms. The van der Waals surface area contributed by atoms with E-state index in [0.717, 1.165) is 17.4 Å². The van der Waals surface area contributed by atoms with Crippen LogP contribution in [0.3, 0.4) is 0 Å². The monoisotopic (exact) mass is 397 g/mol. The molecule has 28 heavy (non-hydrogen) atoms. The van der Waals surface area contributed by atoms with Gasteiger partial charge in [-0.2, -0.15) is 0 Å². The molecule has 0 bridgehead atoms. The standard InChI is InChI=1S/C19H12F5NO3/c20-12-9(13(21)15(23)16(24)14(12)22)6-25-17(7-2-1-3-7)11-8(19(25)28)4-5-10(26)18(11)27/h4-5,26-27H,1-3,6H2. The molecule has 146 valence electrons. The fourth-order valence-corrected chi connectivity index (χ4v) is 3.44. The Kier molecular flexibility index (Phi) is 4.06. The Morgan fingerprint density at radius 3 is 2.00 bits per heavy atom. The highest BCUT2D eigenvalue weighted by atomic mass is 19.2. The molecule has 4 rings (SSSR count). The molecule has 0 unspecified atom stereocenters. The van der Waals surface area contributed by atoms with Crippen LogP contribution in [-0.2, 0) is 6.54 Å². The van der Waals surface area contributed by atoms with Crippen LogP contribution < -0.4 is 0 Å². The normalized spacial score (nSPS) is 15.9. The van der Waals surface area contributed by atoms with Gasteiger partial charge in [0.25, 0.3) is 5.91 Å². The van der Waals surface area contributed by atoms with E-state index in [0.29, 0.717) is 18.4 Å². The van der Waals surface area contributed by atoms with Crippen molar-refractivity contribution < 1.29 is 37.0 Å². The van der Waals surface area contributed by atoms with Crippen LogP contribution in [0.2, 0.25) is 0 Å². The smallest absolute Gasteiger partial charge is 0.259 e. The number of allylic oxidation sites excluding steroid dienone is 1. The number of amides is 1. The largest absolute Gasteiger partial charge is 0.504 e. The first-order valence-corrected chi connectivity index (χ1v) is 8.33. The summed E-state index contributed by atoms with van der Waals surface area (Å²) in [5, 5.41) is 20.0. The van der Waals surface area contributed by atoms with Crippen LogP contribution in [0.1, 0.15) is 40.7 Å². The molecule has 0 aromatic heterocycles. The van der Waals surface area contributed by atoms with Gasteiger partial charge in [-0.25, -0.2) is 22.0 Å². The van der Waals surface area contributed by atoms with Gasteiger partial charge in [-0.05, 0) is 37.0 Å². The molecular formula is C19H12F5NO3. The van der Waals surface area contributed by atoms with Gasteiger partial charge in [0, 0.05) is 5.56 Å². The summed E-state index contributed by atoms with van der Waals surface area (Å²) in [6.45, 7) is -0.918.